The zero-order valence-corrected chi connectivity index (χ0v) is 11.3. The van der Waals surface area contributed by atoms with Crippen LogP contribution in [0.25, 0.3) is 27.6 Å². The molecule has 4 rings (SSSR count). The molecule has 0 unspecified atom stereocenters. The number of fused-ring (bicyclic) bond motifs is 5. The molecular formula is C16H12N3O2+. The number of carbonyl (C=O) groups is 1. The molecule has 0 radical (unpaired) electrons. The molecule has 0 spiro atoms. The number of imidazole rings is 1. The molecule has 0 fully saturated rings. The van der Waals surface area contributed by atoms with E-state index in [0.29, 0.717) is 5.56 Å². The Bertz CT molecular complexity index is 1000. The minimum Gasteiger partial charge on any atom is -0.465 e. The number of carbonyl (C=O) groups excluding carboxylic acids is 1. The predicted molar refractivity (Wildman–Crippen MR) is 78.1 cm³/mol. The monoisotopic (exact) mass is 278 g/mol. The lowest BCUT2D eigenvalue weighted by atomic mass is 10.2. The van der Waals surface area contributed by atoms with Crippen molar-refractivity contribution >= 4 is 33.6 Å². The molecule has 102 valence electrons. The summed E-state index contributed by atoms with van der Waals surface area (Å²) in [5.74, 6) is -0.371. The van der Waals surface area contributed by atoms with Gasteiger partial charge in [-0.1, -0.05) is 12.1 Å². The molecule has 1 aromatic carbocycles. The number of aromatic amines is 1. The Morgan fingerprint density at radius 2 is 2.10 bits per heavy atom. The maximum Gasteiger partial charge on any atom is 0.346 e. The Kier molecular flexibility index (Phi) is 2.41. The average Bonchev–Trinajstić information content (AvgIpc) is 2.93. The molecular weight excluding hydrogens is 266 g/mol. The second-order valence-corrected chi connectivity index (χ2v) is 4.81. The molecule has 0 bridgehead atoms. The highest BCUT2D eigenvalue weighted by atomic mass is 16.5. The number of hydrogen-bond acceptors (Lipinski definition) is 3. The molecule has 0 aliphatic rings. The van der Waals surface area contributed by atoms with Gasteiger partial charge >= 0.3 is 5.97 Å². The fourth-order valence-corrected chi connectivity index (χ4v) is 2.72. The molecule has 4 aromatic rings. The molecule has 0 aliphatic carbocycles. The Hall–Kier alpha value is -2.95. The number of hydrogen-bond donors (Lipinski definition) is 1. The van der Waals surface area contributed by atoms with Gasteiger partial charge in [-0.3, -0.25) is 4.98 Å². The lowest BCUT2D eigenvalue weighted by molar-refractivity contribution is -0.449. The van der Waals surface area contributed by atoms with Gasteiger partial charge in [0.05, 0.1) is 7.11 Å². The Morgan fingerprint density at radius 3 is 2.95 bits per heavy atom. The van der Waals surface area contributed by atoms with Gasteiger partial charge in [0.1, 0.15) is 5.52 Å². The van der Waals surface area contributed by atoms with Gasteiger partial charge in [0.2, 0.25) is 0 Å². The number of benzene rings is 1. The number of H-pyrrole nitrogens is 1. The van der Waals surface area contributed by atoms with Gasteiger partial charge in [-0.2, -0.15) is 4.40 Å². The van der Waals surface area contributed by atoms with Crippen LogP contribution in [-0.2, 0) is 4.74 Å². The van der Waals surface area contributed by atoms with Gasteiger partial charge in [0.25, 0.3) is 5.65 Å². The average molecular weight is 278 g/mol. The van der Waals surface area contributed by atoms with Gasteiger partial charge in [-0.05, 0) is 18.2 Å². The SMILES string of the molecule is COC(=O)c1cc2cnccc2[n+]2c1[nH]c1ccccc12. The van der Waals surface area contributed by atoms with Crippen molar-refractivity contribution in [3.8, 4) is 0 Å². The molecule has 3 heterocycles. The third-order valence-corrected chi connectivity index (χ3v) is 3.65. The zero-order chi connectivity index (χ0) is 14.4. The predicted octanol–water partition coefficient (Wildman–Crippen LogP) is 2.24. The summed E-state index contributed by atoms with van der Waals surface area (Å²) in [7, 11) is 1.38. The third-order valence-electron chi connectivity index (χ3n) is 3.65. The Balaban J connectivity index is 2.30. The van der Waals surface area contributed by atoms with Crippen molar-refractivity contribution in [3.05, 3.63) is 54.4 Å². The van der Waals surface area contributed by atoms with Crippen LogP contribution in [0.5, 0.6) is 0 Å². The fourth-order valence-electron chi connectivity index (χ4n) is 2.72. The maximum absolute atomic E-state index is 12.1. The summed E-state index contributed by atoms with van der Waals surface area (Å²) in [5.41, 5.74) is 4.18. The second-order valence-electron chi connectivity index (χ2n) is 4.81. The van der Waals surface area contributed by atoms with Crippen LogP contribution in [0, 0.1) is 0 Å². The molecule has 1 N–H and O–H groups in total. The van der Waals surface area contributed by atoms with Crippen molar-refractivity contribution in [2.75, 3.05) is 7.11 Å². The second kappa shape index (κ2) is 4.28. The van der Waals surface area contributed by atoms with Crippen LogP contribution < -0.4 is 4.40 Å². The summed E-state index contributed by atoms with van der Waals surface area (Å²) >= 11 is 0. The molecule has 21 heavy (non-hydrogen) atoms. The lowest BCUT2D eigenvalue weighted by Crippen LogP contribution is -2.24. The van der Waals surface area contributed by atoms with Crippen LogP contribution >= 0.6 is 0 Å². The van der Waals surface area contributed by atoms with Crippen LogP contribution in [0.1, 0.15) is 10.4 Å². The van der Waals surface area contributed by atoms with E-state index in [0.717, 1.165) is 27.6 Å². The highest BCUT2D eigenvalue weighted by Crippen LogP contribution is 2.20. The summed E-state index contributed by atoms with van der Waals surface area (Å²) in [6, 6.07) is 11.7. The number of ether oxygens (including phenoxy) is 1. The molecule has 0 saturated carbocycles. The van der Waals surface area contributed by atoms with Gasteiger partial charge in [0, 0.05) is 23.8 Å². The quantitative estimate of drug-likeness (QED) is 0.429. The summed E-state index contributed by atoms with van der Waals surface area (Å²) in [6.07, 6.45) is 3.49. The zero-order valence-electron chi connectivity index (χ0n) is 11.3. The molecule has 0 aliphatic heterocycles. The lowest BCUT2D eigenvalue weighted by Gasteiger charge is -2.01. The Labute approximate surface area is 119 Å². The van der Waals surface area contributed by atoms with E-state index in [1.54, 1.807) is 18.5 Å². The van der Waals surface area contributed by atoms with Crippen LogP contribution in [0.2, 0.25) is 0 Å². The van der Waals surface area contributed by atoms with Crippen molar-refractivity contribution in [2.24, 2.45) is 0 Å². The molecule has 0 amide bonds. The number of methoxy groups -OCH3 is 1. The minimum atomic E-state index is -0.371. The van der Waals surface area contributed by atoms with Crippen molar-refractivity contribution in [1.29, 1.82) is 0 Å². The number of pyridine rings is 2. The fraction of sp³-hybridized carbons (Fsp3) is 0.0625. The number of nitrogens with zero attached hydrogens (tertiary/aromatic N) is 2. The van der Waals surface area contributed by atoms with E-state index in [9.17, 15) is 4.79 Å². The molecule has 5 nitrogen and oxygen atoms in total. The topological polar surface area (TPSA) is 59.1 Å². The molecule has 0 saturated heterocycles. The van der Waals surface area contributed by atoms with Gasteiger partial charge in [-0.25, -0.2) is 9.78 Å². The van der Waals surface area contributed by atoms with E-state index in [-0.39, 0.29) is 5.97 Å². The van der Waals surface area contributed by atoms with E-state index < -0.39 is 0 Å². The van der Waals surface area contributed by atoms with Crippen molar-refractivity contribution in [2.45, 2.75) is 0 Å². The van der Waals surface area contributed by atoms with Crippen molar-refractivity contribution in [1.82, 2.24) is 9.97 Å². The maximum atomic E-state index is 12.1. The number of aromatic nitrogens is 3. The first-order chi connectivity index (χ1) is 10.3. The normalized spacial score (nSPS) is 11.3. The van der Waals surface area contributed by atoms with Crippen molar-refractivity contribution < 1.29 is 13.9 Å². The minimum absolute atomic E-state index is 0.371. The smallest absolute Gasteiger partial charge is 0.346 e. The first kappa shape index (κ1) is 11.8. The van der Waals surface area contributed by atoms with E-state index in [2.05, 4.69) is 9.97 Å². The van der Waals surface area contributed by atoms with Crippen molar-refractivity contribution in [3.63, 3.8) is 0 Å². The number of nitrogens with one attached hydrogen (secondary N) is 1. The van der Waals surface area contributed by atoms with E-state index >= 15 is 0 Å². The Morgan fingerprint density at radius 1 is 1.24 bits per heavy atom. The number of esters is 1. The molecule has 0 atom stereocenters. The first-order valence-corrected chi connectivity index (χ1v) is 6.57. The number of para-hydroxylation sites is 2. The van der Waals surface area contributed by atoms with Gasteiger partial charge < -0.3 is 4.74 Å². The first-order valence-electron chi connectivity index (χ1n) is 6.57. The third kappa shape index (κ3) is 1.61. The summed E-state index contributed by atoms with van der Waals surface area (Å²) in [6.45, 7) is 0. The highest BCUT2D eigenvalue weighted by molar-refractivity contribution is 5.99. The number of rotatable bonds is 1. The van der Waals surface area contributed by atoms with E-state index in [4.69, 9.17) is 4.74 Å². The van der Waals surface area contributed by atoms with E-state index in [1.165, 1.54) is 7.11 Å². The summed E-state index contributed by atoms with van der Waals surface area (Å²) < 4.78 is 6.92. The summed E-state index contributed by atoms with van der Waals surface area (Å²) in [5, 5.41) is 0.889. The largest absolute Gasteiger partial charge is 0.465 e. The van der Waals surface area contributed by atoms with Crippen LogP contribution in [0.3, 0.4) is 0 Å². The van der Waals surface area contributed by atoms with Crippen LogP contribution in [0.4, 0.5) is 0 Å². The van der Waals surface area contributed by atoms with Gasteiger partial charge in [-0.15, -0.1) is 0 Å². The summed E-state index contributed by atoms with van der Waals surface area (Å²) in [4.78, 5) is 19.5. The van der Waals surface area contributed by atoms with Gasteiger partial charge in [0.15, 0.2) is 16.6 Å². The van der Waals surface area contributed by atoms with Crippen LogP contribution in [0.15, 0.2) is 48.8 Å². The molecule has 3 aromatic heterocycles. The highest BCUT2D eigenvalue weighted by Gasteiger charge is 2.23. The van der Waals surface area contributed by atoms with E-state index in [1.807, 2.05) is 34.7 Å². The van der Waals surface area contributed by atoms with Crippen LogP contribution in [-0.4, -0.2) is 23.0 Å². The standard InChI is InChI=1S/C16H11N3O2/c1-21-16(20)11-8-10-9-17-7-6-13(10)19-14-5-3-2-4-12(14)18-15(11)19/h2-9H,1H3/p+1. The molecule has 5 heteroatoms.